The van der Waals surface area contributed by atoms with Crippen LogP contribution >= 0.6 is 0 Å². The zero-order valence-corrected chi connectivity index (χ0v) is 19.9. The molecular formula is C21H26N4O5S2. The molecular weight excluding hydrogens is 452 g/mol. The van der Waals surface area contributed by atoms with Gasteiger partial charge in [0, 0.05) is 26.7 Å². The van der Waals surface area contributed by atoms with E-state index >= 15 is 0 Å². The number of sulfonamides is 2. The van der Waals surface area contributed by atoms with Crippen LogP contribution in [0, 0.1) is 11.3 Å². The number of benzene rings is 2. The molecule has 0 aliphatic heterocycles. The van der Waals surface area contributed by atoms with Crippen LogP contribution in [0.25, 0.3) is 0 Å². The molecule has 2 aromatic rings. The van der Waals surface area contributed by atoms with Gasteiger partial charge in [-0.05, 0) is 55.8 Å². The van der Waals surface area contributed by atoms with Crippen molar-refractivity contribution in [3.8, 4) is 6.07 Å². The lowest BCUT2D eigenvalue weighted by atomic mass is 10.2. The summed E-state index contributed by atoms with van der Waals surface area (Å²) in [6, 6.07) is 13.3. The molecule has 11 heteroatoms. The molecule has 32 heavy (non-hydrogen) atoms. The van der Waals surface area contributed by atoms with Crippen LogP contribution < -0.4 is 5.32 Å². The summed E-state index contributed by atoms with van der Waals surface area (Å²) in [5.74, 6) is -0.513. The zero-order valence-electron chi connectivity index (χ0n) is 18.3. The summed E-state index contributed by atoms with van der Waals surface area (Å²) in [5, 5.41) is 11.4. The number of hydrogen-bond acceptors (Lipinski definition) is 6. The van der Waals surface area contributed by atoms with E-state index in [1.165, 1.54) is 54.8 Å². The Balaban J connectivity index is 1.98. The maximum Gasteiger partial charge on any atom is 0.243 e. The Labute approximate surface area is 189 Å². The van der Waals surface area contributed by atoms with E-state index in [0.29, 0.717) is 11.1 Å². The molecule has 1 N–H and O–H groups in total. The summed E-state index contributed by atoms with van der Waals surface area (Å²) in [7, 11) is -4.68. The largest absolute Gasteiger partial charge is 0.351 e. The summed E-state index contributed by atoms with van der Waals surface area (Å²) in [5.41, 5.74) is 1.00. The van der Waals surface area contributed by atoms with Crippen LogP contribution in [-0.2, 0) is 31.4 Å². The van der Waals surface area contributed by atoms with Gasteiger partial charge in [0.1, 0.15) is 0 Å². The normalized spacial score (nSPS) is 12.2. The fourth-order valence-corrected chi connectivity index (χ4v) is 5.14. The van der Waals surface area contributed by atoms with Crippen LogP contribution in [0.1, 0.15) is 25.0 Å². The second-order valence-corrected chi connectivity index (χ2v) is 11.5. The van der Waals surface area contributed by atoms with Gasteiger partial charge in [0.25, 0.3) is 0 Å². The van der Waals surface area contributed by atoms with Crippen LogP contribution in [-0.4, -0.2) is 58.0 Å². The van der Waals surface area contributed by atoms with Crippen molar-refractivity contribution in [1.82, 2.24) is 13.9 Å². The molecule has 2 rings (SSSR count). The molecule has 0 atom stereocenters. The van der Waals surface area contributed by atoms with E-state index in [0.717, 1.165) is 4.31 Å². The lowest BCUT2D eigenvalue weighted by molar-refractivity contribution is -0.121. The minimum Gasteiger partial charge on any atom is -0.351 e. The van der Waals surface area contributed by atoms with Gasteiger partial charge in [-0.2, -0.15) is 13.9 Å². The number of amides is 1. The summed E-state index contributed by atoms with van der Waals surface area (Å²) >= 11 is 0. The predicted octanol–water partition coefficient (Wildman–Crippen LogP) is 1.52. The predicted molar refractivity (Wildman–Crippen MR) is 119 cm³/mol. The molecule has 0 radical (unpaired) electrons. The van der Waals surface area contributed by atoms with Crippen LogP contribution in [0.2, 0.25) is 0 Å². The summed E-state index contributed by atoms with van der Waals surface area (Å²) in [4.78, 5) is 12.4. The Hall–Kier alpha value is -2.78. The second kappa shape index (κ2) is 10.2. The van der Waals surface area contributed by atoms with Crippen molar-refractivity contribution in [2.45, 2.75) is 36.2 Å². The van der Waals surface area contributed by atoms with E-state index in [1.54, 1.807) is 26.0 Å². The van der Waals surface area contributed by atoms with E-state index in [-0.39, 0.29) is 22.4 Å². The lowest BCUT2D eigenvalue weighted by Gasteiger charge is -2.21. The van der Waals surface area contributed by atoms with E-state index in [9.17, 15) is 21.6 Å². The van der Waals surface area contributed by atoms with Crippen LogP contribution in [0.4, 0.5) is 0 Å². The van der Waals surface area contributed by atoms with Gasteiger partial charge in [0.05, 0.1) is 28.0 Å². The second-order valence-electron chi connectivity index (χ2n) is 7.43. The molecule has 0 heterocycles. The molecule has 0 unspecified atom stereocenters. The third kappa shape index (κ3) is 5.92. The molecule has 0 bridgehead atoms. The Morgan fingerprint density at radius 2 is 1.44 bits per heavy atom. The number of nitrogens with zero attached hydrogens (tertiary/aromatic N) is 3. The quantitative estimate of drug-likeness (QED) is 0.582. The van der Waals surface area contributed by atoms with Crippen LogP contribution in [0.15, 0.2) is 58.3 Å². The minimum atomic E-state index is -3.89. The van der Waals surface area contributed by atoms with Gasteiger partial charge in [0.15, 0.2) is 0 Å². The van der Waals surface area contributed by atoms with Gasteiger partial charge in [0.2, 0.25) is 26.0 Å². The molecule has 172 valence electrons. The highest BCUT2D eigenvalue weighted by molar-refractivity contribution is 7.89. The van der Waals surface area contributed by atoms with Crippen molar-refractivity contribution in [3.63, 3.8) is 0 Å². The molecule has 1 amide bonds. The number of likely N-dealkylation sites (N-methyl/N-ethyl adjacent to an activating group) is 1. The van der Waals surface area contributed by atoms with Gasteiger partial charge in [-0.3, -0.25) is 4.79 Å². The Bertz CT molecular complexity index is 1200. The van der Waals surface area contributed by atoms with Gasteiger partial charge < -0.3 is 5.32 Å². The number of carbonyl (C=O) groups excluding carboxylic acids is 1. The van der Waals surface area contributed by atoms with E-state index in [4.69, 9.17) is 5.26 Å². The molecule has 0 saturated heterocycles. The van der Waals surface area contributed by atoms with Gasteiger partial charge in [-0.25, -0.2) is 16.8 Å². The summed E-state index contributed by atoms with van der Waals surface area (Å²) < 4.78 is 52.3. The van der Waals surface area contributed by atoms with Gasteiger partial charge in [-0.1, -0.05) is 12.1 Å². The number of hydrogen-bond donors (Lipinski definition) is 1. The number of nitrogens with one attached hydrogen (secondary N) is 1. The van der Waals surface area contributed by atoms with Crippen molar-refractivity contribution in [3.05, 3.63) is 59.7 Å². The minimum absolute atomic E-state index is 0.0186. The highest BCUT2D eigenvalue weighted by atomic mass is 32.2. The molecule has 0 aliphatic carbocycles. The average molecular weight is 479 g/mol. The molecule has 0 saturated carbocycles. The highest BCUT2D eigenvalue weighted by Gasteiger charge is 2.24. The molecule has 0 spiro atoms. The number of rotatable bonds is 9. The number of nitriles is 1. The topological polar surface area (TPSA) is 128 Å². The third-order valence-corrected chi connectivity index (χ3v) is 8.74. The molecule has 0 aromatic heterocycles. The monoisotopic (exact) mass is 478 g/mol. The van der Waals surface area contributed by atoms with Crippen molar-refractivity contribution in [2.24, 2.45) is 0 Å². The van der Waals surface area contributed by atoms with Gasteiger partial charge in [-0.15, -0.1) is 0 Å². The first kappa shape index (κ1) is 25.5. The maximum atomic E-state index is 12.6. The van der Waals surface area contributed by atoms with Crippen LogP contribution in [0.3, 0.4) is 0 Å². The average Bonchev–Trinajstić information content (AvgIpc) is 2.77. The maximum absolute atomic E-state index is 12.6. The van der Waals surface area contributed by atoms with Crippen molar-refractivity contribution in [2.75, 3.05) is 20.6 Å². The van der Waals surface area contributed by atoms with Crippen molar-refractivity contribution < 1.29 is 21.6 Å². The fourth-order valence-electron chi connectivity index (χ4n) is 2.65. The molecule has 2 aromatic carbocycles. The van der Waals surface area contributed by atoms with Crippen LogP contribution in [0.5, 0.6) is 0 Å². The first-order valence-corrected chi connectivity index (χ1v) is 12.6. The van der Waals surface area contributed by atoms with E-state index in [2.05, 4.69) is 5.32 Å². The highest BCUT2D eigenvalue weighted by Crippen LogP contribution is 2.17. The fraction of sp³-hybridized carbons (Fsp3) is 0.333. The summed E-state index contributed by atoms with van der Waals surface area (Å²) in [6.45, 7) is 3.28. The van der Waals surface area contributed by atoms with E-state index < -0.39 is 32.5 Å². The molecule has 0 fully saturated rings. The third-order valence-electron chi connectivity index (χ3n) is 4.88. The SMILES string of the molecule is CC(C)N(C)S(=O)(=O)c1ccc(CNC(=O)CN(C)S(=O)(=O)c2ccc(C#N)cc2)cc1. The lowest BCUT2D eigenvalue weighted by Crippen LogP contribution is -2.38. The first-order valence-electron chi connectivity index (χ1n) is 9.69. The van der Waals surface area contributed by atoms with Gasteiger partial charge >= 0.3 is 0 Å². The van der Waals surface area contributed by atoms with Crippen molar-refractivity contribution in [1.29, 1.82) is 5.26 Å². The van der Waals surface area contributed by atoms with E-state index in [1.807, 2.05) is 6.07 Å². The Kier molecular flexibility index (Phi) is 8.14. The number of carbonyl (C=O) groups is 1. The molecule has 0 aliphatic rings. The zero-order chi connectivity index (χ0) is 24.1. The molecule has 9 nitrogen and oxygen atoms in total. The first-order chi connectivity index (χ1) is 14.9. The Morgan fingerprint density at radius 3 is 1.94 bits per heavy atom. The standard InChI is InChI=1S/C21H26N4O5S2/c1-16(2)25(4)32(29,30)20-11-7-18(8-12-20)14-23-21(26)15-24(3)31(27,28)19-9-5-17(13-22)6-10-19/h5-12,16H,14-15H2,1-4H3,(H,23,26). The smallest absolute Gasteiger partial charge is 0.243 e. The van der Waals surface area contributed by atoms with Crippen molar-refractivity contribution >= 4 is 26.0 Å². The Morgan fingerprint density at radius 1 is 0.938 bits per heavy atom. The summed E-state index contributed by atoms with van der Waals surface area (Å²) in [6.07, 6.45) is 0.